The Labute approximate surface area is 119 Å². The van der Waals surface area contributed by atoms with E-state index in [2.05, 4.69) is 4.98 Å². The predicted octanol–water partition coefficient (Wildman–Crippen LogP) is 3.24. The number of ether oxygens (including phenoxy) is 1. The number of pyridine rings is 1. The fourth-order valence-corrected chi connectivity index (χ4v) is 1.86. The molecular formula is C13H11ClN2O4. The number of benzene rings is 1. The summed E-state index contributed by atoms with van der Waals surface area (Å²) in [5.74, 6) is 0.157. The molecule has 20 heavy (non-hydrogen) atoms. The lowest BCUT2D eigenvalue weighted by Gasteiger charge is -2.10. The van der Waals surface area contributed by atoms with Gasteiger partial charge in [-0.05, 0) is 24.6 Å². The zero-order chi connectivity index (χ0) is 14.7. The molecule has 0 spiro atoms. The number of nitro benzene ring substituents is 1. The second kappa shape index (κ2) is 5.85. The van der Waals surface area contributed by atoms with E-state index in [-0.39, 0.29) is 28.9 Å². The number of aliphatic hydroxyl groups is 1. The predicted molar refractivity (Wildman–Crippen MR) is 73.1 cm³/mol. The van der Waals surface area contributed by atoms with E-state index in [1.54, 1.807) is 13.0 Å². The van der Waals surface area contributed by atoms with Crippen molar-refractivity contribution in [3.63, 3.8) is 0 Å². The van der Waals surface area contributed by atoms with Crippen LogP contribution in [0, 0.1) is 17.0 Å². The molecule has 0 saturated carbocycles. The fraction of sp³-hybridized carbons (Fsp3) is 0.154. The zero-order valence-electron chi connectivity index (χ0n) is 10.5. The van der Waals surface area contributed by atoms with Gasteiger partial charge >= 0.3 is 5.69 Å². The summed E-state index contributed by atoms with van der Waals surface area (Å²) in [6, 6.07) is 5.97. The first-order valence-electron chi connectivity index (χ1n) is 5.70. The number of aliphatic hydroxyl groups excluding tert-OH is 1. The van der Waals surface area contributed by atoms with Gasteiger partial charge in [0, 0.05) is 17.8 Å². The molecule has 0 unspecified atom stereocenters. The highest BCUT2D eigenvalue weighted by atomic mass is 35.5. The first-order chi connectivity index (χ1) is 9.52. The van der Waals surface area contributed by atoms with Crippen LogP contribution in [-0.4, -0.2) is 15.0 Å². The minimum atomic E-state index is -0.571. The van der Waals surface area contributed by atoms with Gasteiger partial charge in [0.15, 0.2) is 0 Å². The highest BCUT2D eigenvalue weighted by Crippen LogP contribution is 2.37. The van der Waals surface area contributed by atoms with Crippen LogP contribution >= 0.6 is 11.6 Å². The van der Waals surface area contributed by atoms with Crippen LogP contribution in [0.25, 0.3) is 0 Å². The third-order valence-corrected chi connectivity index (χ3v) is 2.91. The van der Waals surface area contributed by atoms with Gasteiger partial charge in [0.25, 0.3) is 0 Å². The molecule has 0 atom stereocenters. The Morgan fingerprint density at radius 2 is 2.25 bits per heavy atom. The number of hydrogen-bond acceptors (Lipinski definition) is 5. The van der Waals surface area contributed by atoms with Gasteiger partial charge in [0.2, 0.25) is 11.6 Å². The van der Waals surface area contributed by atoms with E-state index in [0.29, 0.717) is 11.1 Å². The second-order valence-corrected chi connectivity index (χ2v) is 4.48. The third kappa shape index (κ3) is 2.87. The molecule has 7 heteroatoms. The number of aromatic nitrogens is 1. The number of rotatable bonds is 4. The quantitative estimate of drug-likeness (QED) is 0.691. The van der Waals surface area contributed by atoms with E-state index in [1.807, 2.05) is 0 Å². The summed E-state index contributed by atoms with van der Waals surface area (Å²) in [4.78, 5) is 14.4. The Morgan fingerprint density at radius 1 is 1.50 bits per heavy atom. The normalized spacial score (nSPS) is 10.3. The molecule has 0 fully saturated rings. The molecule has 0 aliphatic carbocycles. The van der Waals surface area contributed by atoms with Crippen LogP contribution in [0.15, 0.2) is 30.5 Å². The van der Waals surface area contributed by atoms with Gasteiger partial charge in [-0.25, -0.2) is 4.98 Å². The van der Waals surface area contributed by atoms with Gasteiger partial charge < -0.3 is 9.84 Å². The van der Waals surface area contributed by atoms with Crippen molar-refractivity contribution in [2.75, 3.05) is 0 Å². The molecule has 104 valence electrons. The average molecular weight is 295 g/mol. The lowest BCUT2D eigenvalue weighted by atomic mass is 10.2. The molecule has 1 aromatic carbocycles. The summed E-state index contributed by atoms with van der Waals surface area (Å²) in [5, 5.41) is 20.1. The number of halogens is 1. The maximum Gasteiger partial charge on any atom is 0.313 e. The number of aryl methyl sites for hydroxylation is 1. The second-order valence-electron chi connectivity index (χ2n) is 4.07. The Balaban J connectivity index is 2.42. The van der Waals surface area contributed by atoms with Crippen LogP contribution in [0.4, 0.5) is 5.69 Å². The van der Waals surface area contributed by atoms with E-state index in [4.69, 9.17) is 21.4 Å². The van der Waals surface area contributed by atoms with Gasteiger partial charge in [-0.2, -0.15) is 0 Å². The van der Waals surface area contributed by atoms with Gasteiger partial charge in [0.05, 0.1) is 16.6 Å². The van der Waals surface area contributed by atoms with E-state index >= 15 is 0 Å². The molecule has 0 saturated heterocycles. The van der Waals surface area contributed by atoms with E-state index in [0.717, 1.165) is 0 Å². The molecule has 0 aliphatic rings. The molecule has 0 radical (unpaired) electrons. The highest BCUT2D eigenvalue weighted by molar-refractivity contribution is 6.32. The highest BCUT2D eigenvalue weighted by Gasteiger charge is 2.20. The largest absolute Gasteiger partial charge is 0.430 e. The van der Waals surface area contributed by atoms with Crippen molar-refractivity contribution >= 4 is 17.3 Å². The molecule has 6 nitrogen and oxygen atoms in total. The van der Waals surface area contributed by atoms with Gasteiger partial charge in [-0.15, -0.1) is 0 Å². The molecule has 1 aromatic heterocycles. The van der Waals surface area contributed by atoms with Crippen molar-refractivity contribution in [2.45, 2.75) is 13.5 Å². The minimum absolute atomic E-state index is 0.0495. The van der Waals surface area contributed by atoms with Crippen LogP contribution in [0.3, 0.4) is 0 Å². The van der Waals surface area contributed by atoms with Crippen molar-refractivity contribution in [2.24, 2.45) is 0 Å². The Hall–Kier alpha value is -2.18. The van der Waals surface area contributed by atoms with Crippen LogP contribution in [0.5, 0.6) is 11.6 Å². The molecule has 0 bridgehead atoms. The van der Waals surface area contributed by atoms with Gasteiger partial charge in [-0.3, -0.25) is 10.1 Å². The van der Waals surface area contributed by atoms with E-state index in [9.17, 15) is 10.1 Å². The Kier molecular flexibility index (Phi) is 4.16. The summed E-state index contributed by atoms with van der Waals surface area (Å²) in [6.45, 7) is 1.59. The summed E-state index contributed by atoms with van der Waals surface area (Å²) in [6.07, 6.45) is 1.44. The van der Waals surface area contributed by atoms with E-state index in [1.165, 1.54) is 24.4 Å². The van der Waals surface area contributed by atoms with Crippen molar-refractivity contribution in [3.8, 4) is 11.6 Å². The first-order valence-corrected chi connectivity index (χ1v) is 6.08. The monoisotopic (exact) mass is 294 g/mol. The molecule has 1 N–H and O–H groups in total. The Bertz CT molecular complexity index is 661. The van der Waals surface area contributed by atoms with E-state index < -0.39 is 4.92 Å². The molecule has 2 rings (SSSR count). The first kappa shape index (κ1) is 14.2. The zero-order valence-corrected chi connectivity index (χ0v) is 11.3. The molecule has 2 aromatic rings. The number of hydrogen-bond donors (Lipinski definition) is 1. The van der Waals surface area contributed by atoms with Crippen LogP contribution in [0.1, 0.15) is 11.1 Å². The Morgan fingerprint density at radius 3 is 2.85 bits per heavy atom. The minimum Gasteiger partial charge on any atom is -0.430 e. The average Bonchev–Trinajstić information content (AvgIpc) is 2.42. The van der Waals surface area contributed by atoms with Crippen molar-refractivity contribution in [1.82, 2.24) is 4.98 Å². The van der Waals surface area contributed by atoms with Crippen LogP contribution < -0.4 is 4.74 Å². The van der Waals surface area contributed by atoms with Gasteiger partial charge in [-0.1, -0.05) is 17.7 Å². The molecule has 0 aliphatic heterocycles. The van der Waals surface area contributed by atoms with Crippen molar-refractivity contribution < 1.29 is 14.8 Å². The lowest BCUT2D eigenvalue weighted by Crippen LogP contribution is -1.98. The standard InChI is InChI=1S/C13H11ClN2O4/c1-8-5-9(7-17)6-15-13(8)20-12-10(14)3-2-4-11(12)16(18)19/h2-6,17H,7H2,1H3. The fourth-order valence-electron chi connectivity index (χ4n) is 1.65. The van der Waals surface area contributed by atoms with Gasteiger partial charge in [0.1, 0.15) is 0 Å². The third-order valence-electron chi connectivity index (χ3n) is 2.61. The number of nitro groups is 1. The van der Waals surface area contributed by atoms with Crippen LogP contribution in [0.2, 0.25) is 5.02 Å². The number of nitrogens with zero attached hydrogens (tertiary/aromatic N) is 2. The summed E-state index contributed by atoms with van der Waals surface area (Å²) in [5.41, 5.74) is 1.04. The summed E-state index contributed by atoms with van der Waals surface area (Å²) >= 11 is 5.94. The molecular weight excluding hydrogens is 284 g/mol. The summed E-state index contributed by atoms with van der Waals surface area (Å²) in [7, 11) is 0. The van der Waals surface area contributed by atoms with Crippen LogP contribution in [-0.2, 0) is 6.61 Å². The topological polar surface area (TPSA) is 85.5 Å². The lowest BCUT2D eigenvalue weighted by molar-refractivity contribution is -0.385. The smallest absolute Gasteiger partial charge is 0.313 e. The van der Waals surface area contributed by atoms with Crippen molar-refractivity contribution in [1.29, 1.82) is 0 Å². The maximum absolute atomic E-state index is 11.0. The number of para-hydroxylation sites is 1. The summed E-state index contributed by atoms with van der Waals surface area (Å²) < 4.78 is 5.47. The SMILES string of the molecule is Cc1cc(CO)cnc1Oc1c(Cl)cccc1[N+](=O)[O-]. The molecule has 0 amide bonds. The molecule has 1 heterocycles. The maximum atomic E-state index is 11.0. The van der Waals surface area contributed by atoms with Crippen molar-refractivity contribution in [3.05, 3.63) is 56.7 Å².